The van der Waals surface area contributed by atoms with Crippen LogP contribution in [0.15, 0.2) is 59.6 Å². The summed E-state index contributed by atoms with van der Waals surface area (Å²) in [5.74, 6) is -1.69. The monoisotopic (exact) mass is 359 g/mol. The van der Waals surface area contributed by atoms with Gasteiger partial charge in [-0.1, -0.05) is 24.3 Å². The van der Waals surface area contributed by atoms with Crippen LogP contribution in [0.2, 0.25) is 0 Å². The fourth-order valence-electron chi connectivity index (χ4n) is 2.37. The number of hydrogen-bond acceptors (Lipinski definition) is 3. The van der Waals surface area contributed by atoms with Crippen LogP contribution in [0.3, 0.4) is 0 Å². The van der Waals surface area contributed by atoms with E-state index >= 15 is 0 Å². The van der Waals surface area contributed by atoms with Gasteiger partial charge in [-0.3, -0.25) is 4.79 Å². The van der Waals surface area contributed by atoms with E-state index in [1.807, 2.05) is 36.6 Å². The van der Waals surface area contributed by atoms with Crippen molar-refractivity contribution in [3.8, 4) is 5.69 Å². The Morgan fingerprint density at radius 2 is 1.92 bits per heavy atom. The van der Waals surface area contributed by atoms with Crippen LogP contribution in [0.25, 0.3) is 5.69 Å². The Bertz CT molecular complexity index is 897. The van der Waals surface area contributed by atoms with Gasteiger partial charge in [-0.2, -0.15) is 5.10 Å². The van der Waals surface area contributed by atoms with Gasteiger partial charge in [-0.25, -0.2) is 13.5 Å². The van der Waals surface area contributed by atoms with Crippen LogP contribution >= 0.6 is 11.8 Å². The average molecular weight is 359 g/mol. The largest absolute Gasteiger partial charge is 0.309 e. The lowest BCUT2D eigenvalue weighted by atomic mass is 10.1. The molecule has 0 saturated heterocycles. The second kappa shape index (κ2) is 7.48. The lowest BCUT2D eigenvalue weighted by molar-refractivity contribution is -0.115. The van der Waals surface area contributed by atoms with Crippen molar-refractivity contribution in [2.24, 2.45) is 0 Å². The molecule has 1 heterocycles. The number of aromatic nitrogens is 2. The molecule has 0 spiro atoms. The molecule has 0 bridgehead atoms. The van der Waals surface area contributed by atoms with Crippen molar-refractivity contribution in [2.75, 3.05) is 11.6 Å². The average Bonchev–Trinajstić information content (AvgIpc) is 3.01. The fourth-order valence-corrected chi connectivity index (χ4v) is 2.86. The SMILES string of the molecule is CSc1cnn(-c2ccccc2)c1NC(=O)Cc1ccc(F)c(F)c1. The summed E-state index contributed by atoms with van der Waals surface area (Å²) in [4.78, 5) is 13.2. The lowest BCUT2D eigenvalue weighted by Gasteiger charge is -2.11. The van der Waals surface area contributed by atoms with Gasteiger partial charge >= 0.3 is 0 Å². The summed E-state index contributed by atoms with van der Waals surface area (Å²) in [5, 5.41) is 7.13. The van der Waals surface area contributed by atoms with Crippen molar-refractivity contribution >= 4 is 23.5 Å². The maximum absolute atomic E-state index is 13.3. The zero-order chi connectivity index (χ0) is 17.8. The third-order valence-corrected chi connectivity index (χ3v) is 4.30. The third-order valence-electron chi connectivity index (χ3n) is 3.56. The smallest absolute Gasteiger partial charge is 0.229 e. The number of rotatable bonds is 5. The second-order valence-corrected chi connectivity index (χ2v) is 6.13. The summed E-state index contributed by atoms with van der Waals surface area (Å²) in [5.41, 5.74) is 1.21. The van der Waals surface area contributed by atoms with Crippen molar-refractivity contribution < 1.29 is 13.6 Å². The molecular weight excluding hydrogens is 344 g/mol. The van der Waals surface area contributed by atoms with Crippen molar-refractivity contribution in [3.63, 3.8) is 0 Å². The molecule has 0 aliphatic rings. The number of carbonyl (C=O) groups excluding carboxylic acids is 1. The minimum Gasteiger partial charge on any atom is -0.309 e. The molecular formula is C18H15F2N3OS. The predicted octanol–water partition coefficient (Wildman–Crippen LogP) is 4.05. The van der Waals surface area contributed by atoms with Gasteiger partial charge < -0.3 is 5.32 Å². The number of thioether (sulfide) groups is 1. The van der Waals surface area contributed by atoms with E-state index in [0.29, 0.717) is 11.4 Å². The Hall–Kier alpha value is -2.67. The molecule has 0 fully saturated rings. The minimum atomic E-state index is -0.968. The first-order valence-electron chi connectivity index (χ1n) is 7.49. The Morgan fingerprint density at radius 3 is 2.60 bits per heavy atom. The van der Waals surface area contributed by atoms with E-state index in [2.05, 4.69) is 10.4 Å². The number of carbonyl (C=O) groups is 1. The molecule has 25 heavy (non-hydrogen) atoms. The Balaban J connectivity index is 1.83. The number of benzene rings is 2. The normalized spacial score (nSPS) is 10.7. The molecule has 2 aromatic carbocycles. The van der Waals surface area contributed by atoms with Crippen LogP contribution in [0.1, 0.15) is 5.56 Å². The topological polar surface area (TPSA) is 46.9 Å². The van der Waals surface area contributed by atoms with Gasteiger partial charge in [0.15, 0.2) is 11.6 Å². The maximum atomic E-state index is 13.3. The van der Waals surface area contributed by atoms with Gasteiger partial charge in [0.05, 0.1) is 23.2 Å². The summed E-state index contributed by atoms with van der Waals surface area (Å²) in [6.45, 7) is 0. The van der Waals surface area contributed by atoms with Crippen LogP contribution in [-0.4, -0.2) is 21.9 Å². The Morgan fingerprint density at radius 1 is 1.16 bits per heavy atom. The fraction of sp³-hybridized carbons (Fsp3) is 0.111. The van der Waals surface area contributed by atoms with Crippen molar-refractivity contribution in [1.82, 2.24) is 9.78 Å². The first kappa shape index (κ1) is 17.2. The number of amides is 1. The molecule has 7 heteroatoms. The zero-order valence-electron chi connectivity index (χ0n) is 13.4. The molecule has 3 rings (SSSR count). The highest BCUT2D eigenvalue weighted by molar-refractivity contribution is 7.98. The van der Waals surface area contributed by atoms with E-state index in [9.17, 15) is 13.6 Å². The maximum Gasteiger partial charge on any atom is 0.229 e. The van der Waals surface area contributed by atoms with Crippen LogP contribution in [0.5, 0.6) is 0 Å². The predicted molar refractivity (Wildman–Crippen MR) is 94.0 cm³/mol. The summed E-state index contributed by atoms with van der Waals surface area (Å²) >= 11 is 1.46. The summed E-state index contributed by atoms with van der Waals surface area (Å²) in [6, 6.07) is 12.8. The van der Waals surface area contributed by atoms with Crippen molar-refractivity contribution in [2.45, 2.75) is 11.3 Å². The highest BCUT2D eigenvalue weighted by atomic mass is 32.2. The number of anilines is 1. The number of nitrogens with zero attached hydrogens (tertiary/aromatic N) is 2. The minimum absolute atomic E-state index is 0.0645. The molecule has 0 aliphatic carbocycles. The molecule has 3 aromatic rings. The summed E-state index contributed by atoms with van der Waals surface area (Å²) in [7, 11) is 0. The molecule has 4 nitrogen and oxygen atoms in total. The van der Waals surface area contributed by atoms with Gasteiger partial charge in [0.2, 0.25) is 5.91 Å². The molecule has 0 unspecified atom stereocenters. The van der Waals surface area contributed by atoms with Gasteiger partial charge in [-0.15, -0.1) is 11.8 Å². The van der Waals surface area contributed by atoms with Crippen LogP contribution in [0, 0.1) is 11.6 Å². The first-order valence-corrected chi connectivity index (χ1v) is 8.72. The van der Waals surface area contributed by atoms with Gasteiger partial charge in [0, 0.05) is 0 Å². The Kier molecular flexibility index (Phi) is 5.14. The molecule has 1 aromatic heterocycles. The highest BCUT2D eigenvalue weighted by Gasteiger charge is 2.15. The van der Waals surface area contributed by atoms with Gasteiger partial charge in [0.25, 0.3) is 0 Å². The number of para-hydroxylation sites is 1. The highest BCUT2D eigenvalue weighted by Crippen LogP contribution is 2.27. The first-order chi connectivity index (χ1) is 12.1. The summed E-state index contributed by atoms with van der Waals surface area (Å²) in [6.07, 6.45) is 3.49. The molecule has 1 N–H and O–H groups in total. The van der Waals surface area contributed by atoms with E-state index in [1.54, 1.807) is 10.9 Å². The van der Waals surface area contributed by atoms with Crippen LogP contribution in [-0.2, 0) is 11.2 Å². The van der Waals surface area contributed by atoms with E-state index in [0.717, 1.165) is 22.7 Å². The lowest BCUT2D eigenvalue weighted by Crippen LogP contribution is -2.17. The van der Waals surface area contributed by atoms with E-state index in [-0.39, 0.29) is 12.3 Å². The van der Waals surface area contributed by atoms with Gasteiger partial charge in [0.1, 0.15) is 5.82 Å². The van der Waals surface area contributed by atoms with E-state index < -0.39 is 11.6 Å². The van der Waals surface area contributed by atoms with Crippen LogP contribution < -0.4 is 5.32 Å². The summed E-state index contributed by atoms with van der Waals surface area (Å²) < 4.78 is 27.9. The number of nitrogens with one attached hydrogen (secondary N) is 1. The molecule has 0 aliphatic heterocycles. The zero-order valence-corrected chi connectivity index (χ0v) is 14.2. The number of halogens is 2. The van der Waals surface area contributed by atoms with E-state index in [1.165, 1.54) is 17.8 Å². The molecule has 128 valence electrons. The Labute approximate surface area is 147 Å². The second-order valence-electron chi connectivity index (χ2n) is 5.28. The van der Waals surface area contributed by atoms with Crippen molar-refractivity contribution in [1.29, 1.82) is 0 Å². The quantitative estimate of drug-likeness (QED) is 0.699. The molecule has 1 amide bonds. The molecule has 0 saturated carbocycles. The van der Waals surface area contributed by atoms with Crippen LogP contribution in [0.4, 0.5) is 14.6 Å². The molecule has 0 atom stereocenters. The number of hydrogen-bond donors (Lipinski definition) is 1. The van der Waals surface area contributed by atoms with Gasteiger partial charge in [-0.05, 0) is 36.1 Å². The van der Waals surface area contributed by atoms with Crippen molar-refractivity contribution in [3.05, 3.63) is 71.9 Å². The third kappa shape index (κ3) is 3.88. The standard InChI is InChI=1S/C18H15F2N3OS/c1-25-16-11-21-23(13-5-3-2-4-6-13)18(16)22-17(24)10-12-7-8-14(19)15(20)9-12/h2-9,11H,10H2,1H3,(H,22,24). The molecule has 0 radical (unpaired) electrons. The van der Waals surface area contributed by atoms with E-state index in [4.69, 9.17) is 0 Å².